The molecule has 0 aromatic heterocycles. The summed E-state index contributed by atoms with van der Waals surface area (Å²) in [5.74, 6) is -1.60. The Morgan fingerprint density at radius 1 is 1.31 bits per heavy atom. The number of nitrogens with zero attached hydrogens (tertiary/aromatic N) is 2. The van der Waals surface area contributed by atoms with Crippen molar-refractivity contribution in [3.63, 3.8) is 0 Å². The summed E-state index contributed by atoms with van der Waals surface area (Å²) in [6.07, 6.45) is 1.02. The lowest BCUT2D eigenvalue weighted by molar-refractivity contribution is 0.581. The van der Waals surface area contributed by atoms with Crippen LogP contribution in [0.2, 0.25) is 0 Å². The van der Waals surface area contributed by atoms with Gasteiger partial charge < -0.3 is 5.32 Å². The van der Waals surface area contributed by atoms with E-state index in [4.69, 9.17) is 10.5 Å². The highest BCUT2D eigenvalue weighted by Crippen LogP contribution is 2.24. The van der Waals surface area contributed by atoms with Crippen LogP contribution in [0, 0.1) is 34.3 Å². The number of thiol groups is 1. The molecule has 0 aliphatic rings. The summed E-state index contributed by atoms with van der Waals surface area (Å²) < 4.78 is 25.9. The molecule has 0 fully saturated rings. The third-order valence-electron chi connectivity index (χ3n) is 1.64. The third kappa shape index (κ3) is 2.72. The van der Waals surface area contributed by atoms with Gasteiger partial charge in [-0.15, -0.1) is 12.6 Å². The number of nitrogens with one attached hydrogen (secondary N) is 1. The summed E-state index contributed by atoms with van der Waals surface area (Å²) in [5, 5.41) is 19.3. The number of halogens is 2. The summed E-state index contributed by atoms with van der Waals surface area (Å²) >= 11 is 3.86. The molecule has 1 rings (SSSR count). The van der Waals surface area contributed by atoms with E-state index in [1.807, 2.05) is 0 Å². The third-order valence-corrected chi connectivity index (χ3v) is 1.99. The van der Waals surface area contributed by atoms with Gasteiger partial charge >= 0.3 is 0 Å². The zero-order valence-corrected chi connectivity index (χ0v) is 8.72. The van der Waals surface area contributed by atoms with Crippen LogP contribution in [0.25, 0.3) is 0 Å². The van der Waals surface area contributed by atoms with Gasteiger partial charge in [-0.05, 0) is 6.07 Å². The van der Waals surface area contributed by atoms with Crippen molar-refractivity contribution in [1.82, 2.24) is 0 Å². The zero-order valence-electron chi connectivity index (χ0n) is 7.83. The second-order valence-corrected chi connectivity index (χ2v) is 3.19. The highest BCUT2D eigenvalue weighted by molar-refractivity contribution is 7.80. The normalized spacial score (nSPS) is 8.81. The maximum atomic E-state index is 13.2. The van der Waals surface area contributed by atoms with E-state index in [1.165, 1.54) is 0 Å². The molecule has 1 aromatic rings. The Morgan fingerprint density at radius 2 is 1.94 bits per heavy atom. The van der Waals surface area contributed by atoms with E-state index >= 15 is 0 Å². The average Bonchev–Trinajstić information content (AvgIpc) is 2.22. The van der Waals surface area contributed by atoms with Crippen LogP contribution in [-0.4, -0.2) is 0 Å². The van der Waals surface area contributed by atoms with E-state index < -0.39 is 11.6 Å². The van der Waals surface area contributed by atoms with Crippen LogP contribution in [-0.2, 0) is 0 Å². The number of allylic oxidation sites excluding steroid dienone is 1. The predicted octanol–water partition coefficient (Wildman–Crippen LogP) is 2.60. The Morgan fingerprint density at radius 3 is 2.44 bits per heavy atom. The number of anilines is 1. The molecular formula is C10H5F2N3S. The Hall–Kier alpha value is -2.05. The van der Waals surface area contributed by atoms with Gasteiger partial charge in [-0.1, -0.05) is 0 Å². The van der Waals surface area contributed by atoms with E-state index in [-0.39, 0.29) is 16.2 Å². The quantitative estimate of drug-likeness (QED) is 0.614. The van der Waals surface area contributed by atoms with Crippen molar-refractivity contribution in [1.29, 1.82) is 10.5 Å². The molecule has 0 radical (unpaired) electrons. The molecule has 0 spiro atoms. The summed E-state index contributed by atoms with van der Waals surface area (Å²) in [5.41, 5.74) is -0.316. The molecule has 0 saturated carbocycles. The molecule has 0 amide bonds. The minimum absolute atomic E-state index is 0.0454. The van der Waals surface area contributed by atoms with E-state index in [0.717, 1.165) is 12.3 Å². The van der Waals surface area contributed by atoms with Gasteiger partial charge in [0.25, 0.3) is 0 Å². The molecule has 1 N–H and O–H groups in total. The first-order valence-electron chi connectivity index (χ1n) is 4.03. The van der Waals surface area contributed by atoms with Gasteiger partial charge in [-0.2, -0.15) is 10.5 Å². The van der Waals surface area contributed by atoms with Gasteiger partial charge in [0.2, 0.25) is 0 Å². The van der Waals surface area contributed by atoms with Crippen LogP contribution in [0.5, 0.6) is 0 Å². The maximum Gasteiger partial charge on any atom is 0.150 e. The SMILES string of the molecule is N#CC(C#N)=CNc1c(F)cc(F)cc1S. The van der Waals surface area contributed by atoms with Crippen molar-refractivity contribution < 1.29 is 8.78 Å². The average molecular weight is 237 g/mol. The maximum absolute atomic E-state index is 13.2. The Balaban J connectivity index is 3.05. The predicted molar refractivity (Wildman–Crippen MR) is 56.5 cm³/mol. The van der Waals surface area contributed by atoms with Crippen molar-refractivity contribution in [3.05, 3.63) is 35.5 Å². The summed E-state index contributed by atoms with van der Waals surface area (Å²) in [4.78, 5) is 0.0454. The lowest BCUT2D eigenvalue weighted by Crippen LogP contribution is -1.96. The Labute approximate surface area is 96.0 Å². The fraction of sp³-hybridized carbons (Fsp3) is 0. The van der Waals surface area contributed by atoms with Crippen LogP contribution in [0.3, 0.4) is 0 Å². The summed E-state index contributed by atoms with van der Waals surface area (Å²) in [6.45, 7) is 0. The standard InChI is InChI=1S/C10H5F2N3S/c11-7-1-8(12)10(9(16)2-7)15-5-6(3-13)4-14/h1-2,5,15-16H. The molecular weight excluding hydrogens is 232 g/mol. The van der Waals surface area contributed by atoms with Crippen LogP contribution in [0.1, 0.15) is 0 Å². The van der Waals surface area contributed by atoms with Gasteiger partial charge in [0.1, 0.15) is 23.5 Å². The fourth-order valence-corrected chi connectivity index (χ4v) is 1.23. The van der Waals surface area contributed by atoms with E-state index in [9.17, 15) is 8.78 Å². The lowest BCUT2D eigenvalue weighted by atomic mass is 10.3. The number of hydrogen-bond donors (Lipinski definition) is 2. The first-order valence-corrected chi connectivity index (χ1v) is 4.48. The van der Waals surface area contributed by atoms with Crippen LogP contribution in [0.15, 0.2) is 28.8 Å². The first-order chi connectivity index (χ1) is 7.58. The summed E-state index contributed by atoms with van der Waals surface area (Å²) in [7, 11) is 0. The minimum atomic E-state index is -0.850. The molecule has 16 heavy (non-hydrogen) atoms. The smallest absolute Gasteiger partial charge is 0.150 e. The number of benzene rings is 1. The van der Waals surface area contributed by atoms with E-state index in [1.54, 1.807) is 12.1 Å². The monoisotopic (exact) mass is 237 g/mol. The largest absolute Gasteiger partial charge is 0.357 e. The van der Waals surface area contributed by atoms with Gasteiger partial charge in [-0.25, -0.2) is 8.78 Å². The topological polar surface area (TPSA) is 59.6 Å². The van der Waals surface area contributed by atoms with Crippen molar-refractivity contribution >= 4 is 18.3 Å². The second-order valence-electron chi connectivity index (χ2n) is 2.71. The Bertz CT molecular complexity index is 487. The molecule has 0 aliphatic heterocycles. The fourth-order valence-electron chi connectivity index (χ4n) is 0.937. The van der Waals surface area contributed by atoms with E-state index in [0.29, 0.717) is 6.07 Å². The van der Waals surface area contributed by atoms with Crippen molar-refractivity contribution in [2.24, 2.45) is 0 Å². The Kier molecular flexibility index (Phi) is 3.87. The second kappa shape index (κ2) is 5.15. The molecule has 6 heteroatoms. The number of rotatable bonds is 2. The van der Waals surface area contributed by atoms with Crippen molar-refractivity contribution in [3.8, 4) is 12.1 Å². The van der Waals surface area contributed by atoms with Gasteiger partial charge in [0.15, 0.2) is 5.82 Å². The summed E-state index contributed by atoms with van der Waals surface area (Å²) in [6, 6.07) is 4.87. The number of nitriles is 2. The van der Waals surface area contributed by atoms with Gasteiger partial charge in [0, 0.05) is 17.2 Å². The first kappa shape index (κ1) is 12.0. The molecule has 1 aromatic carbocycles. The number of hydrogen-bond acceptors (Lipinski definition) is 4. The van der Waals surface area contributed by atoms with Crippen LogP contribution < -0.4 is 5.32 Å². The van der Waals surface area contributed by atoms with Crippen LogP contribution in [0.4, 0.5) is 14.5 Å². The van der Waals surface area contributed by atoms with Crippen molar-refractivity contribution in [2.75, 3.05) is 5.32 Å². The molecule has 0 heterocycles. The molecule has 0 bridgehead atoms. The highest BCUT2D eigenvalue weighted by atomic mass is 32.1. The molecule has 3 nitrogen and oxygen atoms in total. The molecule has 0 saturated heterocycles. The van der Waals surface area contributed by atoms with E-state index in [2.05, 4.69) is 17.9 Å². The highest BCUT2D eigenvalue weighted by Gasteiger charge is 2.07. The molecule has 0 unspecified atom stereocenters. The van der Waals surface area contributed by atoms with Crippen LogP contribution >= 0.6 is 12.6 Å². The minimum Gasteiger partial charge on any atom is -0.357 e. The molecule has 80 valence electrons. The molecule has 0 aliphatic carbocycles. The van der Waals surface area contributed by atoms with Gasteiger partial charge in [-0.3, -0.25) is 0 Å². The zero-order chi connectivity index (χ0) is 12.1. The molecule has 0 atom stereocenters. The lowest BCUT2D eigenvalue weighted by Gasteiger charge is -2.05. The van der Waals surface area contributed by atoms with Crippen molar-refractivity contribution in [2.45, 2.75) is 4.90 Å². The van der Waals surface area contributed by atoms with Gasteiger partial charge in [0.05, 0.1) is 5.69 Å².